The molecule has 9 heteroatoms. The minimum Gasteiger partial charge on any atom is -0.454 e. The molecule has 1 aromatic carbocycles. The Bertz CT molecular complexity index is 809. The zero-order valence-corrected chi connectivity index (χ0v) is 15.5. The van der Waals surface area contributed by atoms with Crippen molar-refractivity contribution >= 4 is 50.7 Å². The molecule has 1 heterocycles. The summed E-state index contributed by atoms with van der Waals surface area (Å²) in [6.45, 7) is 0.917. The van der Waals surface area contributed by atoms with E-state index in [-0.39, 0.29) is 12.2 Å². The van der Waals surface area contributed by atoms with E-state index in [1.54, 1.807) is 18.2 Å². The summed E-state index contributed by atoms with van der Waals surface area (Å²) >= 11 is 4.41. The normalized spacial score (nSPS) is 10.2. The summed E-state index contributed by atoms with van der Waals surface area (Å²) < 4.78 is 18.9. The predicted octanol–water partition coefficient (Wildman–Crippen LogP) is 2.87. The number of carbonyl (C=O) groups excluding carboxylic acids is 3. The molecule has 0 spiro atoms. The Balaban J connectivity index is 1.74. The summed E-state index contributed by atoms with van der Waals surface area (Å²) in [5.41, 5.74) is -0.0226. The van der Waals surface area contributed by atoms with Crippen molar-refractivity contribution in [3.8, 4) is 0 Å². The number of hydrogen-bond acceptors (Lipinski definition) is 5. The smallest absolute Gasteiger partial charge is 0.325 e. The first kappa shape index (κ1) is 19.1. The molecule has 0 unspecified atom stereocenters. The molecular weight excluding hydrogens is 415 g/mol. The monoisotopic (exact) mass is 428 g/mol. The van der Waals surface area contributed by atoms with Gasteiger partial charge in [-0.05, 0) is 37.3 Å². The molecule has 6 nitrogen and oxygen atoms in total. The van der Waals surface area contributed by atoms with Crippen LogP contribution in [0, 0.1) is 12.7 Å². The highest BCUT2D eigenvalue weighted by Gasteiger charge is 2.13. The molecule has 0 aliphatic rings. The van der Waals surface area contributed by atoms with Crippen LogP contribution >= 0.6 is 27.3 Å². The predicted molar refractivity (Wildman–Crippen MR) is 95.1 cm³/mol. The molecule has 0 radical (unpaired) electrons. The Morgan fingerprint density at radius 2 is 2.00 bits per heavy atom. The molecule has 0 saturated carbocycles. The zero-order chi connectivity index (χ0) is 18.4. The molecule has 0 bridgehead atoms. The third-order valence-corrected chi connectivity index (χ3v) is 4.42. The first-order valence-electron chi connectivity index (χ1n) is 7.10. The number of ether oxygens (including phenoxy) is 1. The summed E-state index contributed by atoms with van der Waals surface area (Å²) in [7, 11) is 0. The molecule has 0 aliphatic heterocycles. The maximum atomic E-state index is 13.6. The molecule has 0 saturated heterocycles. The van der Waals surface area contributed by atoms with E-state index in [9.17, 15) is 18.8 Å². The first-order valence-corrected chi connectivity index (χ1v) is 8.71. The van der Waals surface area contributed by atoms with Crippen molar-refractivity contribution < 1.29 is 23.5 Å². The van der Waals surface area contributed by atoms with Gasteiger partial charge >= 0.3 is 5.97 Å². The van der Waals surface area contributed by atoms with Gasteiger partial charge in [0.1, 0.15) is 12.4 Å². The van der Waals surface area contributed by atoms with Crippen molar-refractivity contribution in [1.29, 1.82) is 0 Å². The van der Waals surface area contributed by atoms with E-state index in [4.69, 9.17) is 4.74 Å². The standard InChI is InChI=1S/C16H14BrFN2O4S/c1-9-2-5-13(25-9)16(23)19-7-15(22)24-8-14(21)20-12-4-3-10(17)6-11(12)18/h2-6H,7-8H2,1H3,(H,19,23)(H,20,21). The highest BCUT2D eigenvalue weighted by molar-refractivity contribution is 9.10. The third-order valence-electron chi connectivity index (χ3n) is 2.93. The topological polar surface area (TPSA) is 84.5 Å². The number of anilines is 1. The second-order valence-electron chi connectivity index (χ2n) is 4.93. The molecule has 2 amide bonds. The van der Waals surface area contributed by atoms with Crippen LogP contribution in [0.25, 0.3) is 0 Å². The number of benzene rings is 1. The zero-order valence-electron chi connectivity index (χ0n) is 13.1. The number of hydrogen-bond donors (Lipinski definition) is 2. The van der Waals surface area contributed by atoms with Crippen LogP contribution in [0.15, 0.2) is 34.8 Å². The number of rotatable bonds is 6. The maximum Gasteiger partial charge on any atom is 0.325 e. The van der Waals surface area contributed by atoms with Crippen LogP contribution in [0.3, 0.4) is 0 Å². The van der Waals surface area contributed by atoms with Crippen LogP contribution in [-0.2, 0) is 14.3 Å². The van der Waals surface area contributed by atoms with E-state index in [0.29, 0.717) is 9.35 Å². The summed E-state index contributed by atoms with van der Waals surface area (Å²) in [4.78, 5) is 36.5. The number of nitrogens with one attached hydrogen (secondary N) is 2. The minimum atomic E-state index is -0.770. The number of halogens is 2. The van der Waals surface area contributed by atoms with E-state index in [0.717, 1.165) is 4.88 Å². The summed E-state index contributed by atoms with van der Waals surface area (Å²) in [6.07, 6.45) is 0. The van der Waals surface area contributed by atoms with Crippen molar-refractivity contribution in [2.75, 3.05) is 18.5 Å². The van der Waals surface area contributed by atoms with Gasteiger partial charge in [-0.2, -0.15) is 0 Å². The molecule has 2 rings (SSSR count). The quantitative estimate of drug-likeness (QED) is 0.692. The van der Waals surface area contributed by atoms with E-state index in [2.05, 4.69) is 26.6 Å². The lowest BCUT2D eigenvalue weighted by Crippen LogP contribution is -2.31. The van der Waals surface area contributed by atoms with Gasteiger partial charge in [0.05, 0.1) is 10.6 Å². The van der Waals surface area contributed by atoms with E-state index < -0.39 is 30.2 Å². The van der Waals surface area contributed by atoms with E-state index in [1.165, 1.54) is 23.5 Å². The third kappa shape index (κ3) is 5.95. The van der Waals surface area contributed by atoms with E-state index >= 15 is 0 Å². The molecule has 2 aromatic rings. The Morgan fingerprint density at radius 1 is 1.24 bits per heavy atom. The largest absolute Gasteiger partial charge is 0.454 e. The summed E-state index contributed by atoms with van der Waals surface area (Å²) in [5, 5.41) is 4.69. The second kappa shape index (κ2) is 8.72. The SMILES string of the molecule is Cc1ccc(C(=O)NCC(=O)OCC(=O)Nc2ccc(Br)cc2F)s1. The fraction of sp³-hybridized carbons (Fsp3) is 0.188. The summed E-state index contributed by atoms with van der Waals surface area (Å²) in [5.74, 6) is -2.47. The lowest BCUT2D eigenvalue weighted by Gasteiger charge is -2.08. The molecule has 0 aliphatic carbocycles. The molecule has 0 atom stereocenters. The number of esters is 1. The van der Waals surface area contributed by atoms with Crippen molar-refractivity contribution in [2.45, 2.75) is 6.92 Å². The maximum absolute atomic E-state index is 13.6. The van der Waals surface area contributed by atoms with Crippen LogP contribution < -0.4 is 10.6 Å². The van der Waals surface area contributed by atoms with Gasteiger partial charge < -0.3 is 15.4 Å². The van der Waals surface area contributed by atoms with Gasteiger partial charge in [0.2, 0.25) is 0 Å². The molecule has 1 aromatic heterocycles. The van der Waals surface area contributed by atoms with Crippen LogP contribution in [-0.4, -0.2) is 30.9 Å². The second-order valence-corrected chi connectivity index (χ2v) is 7.13. The van der Waals surface area contributed by atoms with Crippen molar-refractivity contribution in [3.63, 3.8) is 0 Å². The van der Waals surface area contributed by atoms with Gasteiger partial charge in [-0.15, -0.1) is 11.3 Å². The molecular formula is C16H14BrFN2O4S. The van der Waals surface area contributed by atoms with Gasteiger partial charge in [0.25, 0.3) is 11.8 Å². The molecule has 132 valence electrons. The van der Waals surface area contributed by atoms with Crippen LogP contribution in [0.2, 0.25) is 0 Å². The molecule has 0 fully saturated rings. The molecule has 25 heavy (non-hydrogen) atoms. The van der Waals surface area contributed by atoms with Gasteiger partial charge in [-0.1, -0.05) is 15.9 Å². The number of aryl methyl sites for hydroxylation is 1. The van der Waals surface area contributed by atoms with E-state index in [1.807, 2.05) is 6.92 Å². The first-order chi connectivity index (χ1) is 11.8. The number of thiophene rings is 1. The number of carbonyl (C=O) groups is 3. The van der Waals surface area contributed by atoms with Gasteiger partial charge in [0.15, 0.2) is 6.61 Å². The average molecular weight is 429 g/mol. The van der Waals surface area contributed by atoms with Gasteiger partial charge in [-0.3, -0.25) is 14.4 Å². The highest BCUT2D eigenvalue weighted by Crippen LogP contribution is 2.19. The van der Waals surface area contributed by atoms with Crippen molar-refractivity contribution in [2.24, 2.45) is 0 Å². The van der Waals surface area contributed by atoms with Crippen LogP contribution in [0.4, 0.5) is 10.1 Å². The van der Waals surface area contributed by atoms with Crippen molar-refractivity contribution in [1.82, 2.24) is 5.32 Å². The number of amides is 2. The highest BCUT2D eigenvalue weighted by atomic mass is 79.9. The Hall–Kier alpha value is -2.26. The lowest BCUT2D eigenvalue weighted by molar-refractivity contribution is -0.146. The van der Waals surface area contributed by atoms with Gasteiger partial charge in [-0.25, -0.2) is 4.39 Å². The van der Waals surface area contributed by atoms with Gasteiger partial charge in [0, 0.05) is 9.35 Å². The fourth-order valence-electron chi connectivity index (χ4n) is 1.77. The lowest BCUT2D eigenvalue weighted by atomic mass is 10.3. The van der Waals surface area contributed by atoms with Crippen molar-refractivity contribution in [3.05, 3.63) is 50.4 Å². The summed E-state index contributed by atoms with van der Waals surface area (Å²) in [6, 6.07) is 7.59. The minimum absolute atomic E-state index is 0.0226. The van der Waals surface area contributed by atoms with Crippen LogP contribution in [0.1, 0.15) is 14.5 Å². The fourth-order valence-corrected chi connectivity index (χ4v) is 2.89. The Labute approximate surface area is 155 Å². The average Bonchev–Trinajstić information content (AvgIpc) is 3.00. The Morgan fingerprint density at radius 3 is 2.64 bits per heavy atom. The van der Waals surface area contributed by atoms with Crippen LogP contribution in [0.5, 0.6) is 0 Å². The Kier molecular flexibility index (Phi) is 6.65. The molecule has 2 N–H and O–H groups in total.